The molecule has 0 fully saturated rings. The van der Waals surface area contributed by atoms with Gasteiger partial charge in [-0.3, -0.25) is 9.48 Å². The fourth-order valence-corrected chi connectivity index (χ4v) is 4.03. The van der Waals surface area contributed by atoms with Crippen LogP contribution in [-0.4, -0.2) is 29.9 Å². The van der Waals surface area contributed by atoms with Gasteiger partial charge < -0.3 is 14.8 Å². The van der Waals surface area contributed by atoms with Crippen molar-refractivity contribution in [1.29, 1.82) is 5.26 Å². The summed E-state index contributed by atoms with van der Waals surface area (Å²) in [6.45, 7) is 0.501. The lowest BCUT2D eigenvalue weighted by atomic mass is 10.0. The Morgan fingerprint density at radius 1 is 1.05 bits per heavy atom. The van der Waals surface area contributed by atoms with Crippen molar-refractivity contribution in [2.24, 2.45) is 0 Å². The molecule has 0 aliphatic heterocycles. The van der Waals surface area contributed by atoms with E-state index in [9.17, 15) is 10.1 Å². The van der Waals surface area contributed by atoms with Gasteiger partial charge in [-0.25, -0.2) is 0 Å². The van der Waals surface area contributed by atoms with Crippen LogP contribution in [0, 0.1) is 11.3 Å². The highest BCUT2D eigenvalue weighted by molar-refractivity contribution is 6.36. The van der Waals surface area contributed by atoms with Gasteiger partial charge in [0.25, 0.3) is 5.91 Å². The second-order valence-electron chi connectivity index (χ2n) is 7.93. The van der Waals surface area contributed by atoms with Crippen LogP contribution in [0.2, 0.25) is 10.0 Å². The van der Waals surface area contributed by atoms with Crippen LogP contribution in [-0.2, 0) is 11.3 Å². The molecule has 0 saturated carbocycles. The third kappa shape index (κ3) is 6.12. The summed E-state index contributed by atoms with van der Waals surface area (Å²) in [6, 6.07) is 21.9. The Balaban J connectivity index is 1.75. The molecule has 1 aromatic heterocycles. The van der Waals surface area contributed by atoms with Gasteiger partial charge in [0.15, 0.2) is 11.5 Å². The van der Waals surface area contributed by atoms with Crippen LogP contribution in [0.1, 0.15) is 11.1 Å². The summed E-state index contributed by atoms with van der Waals surface area (Å²) >= 11 is 12.2. The minimum absolute atomic E-state index is 0.128. The third-order valence-electron chi connectivity index (χ3n) is 5.48. The van der Waals surface area contributed by atoms with Gasteiger partial charge in [0.1, 0.15) is 11.6 Å². The van der Waals surface area contributed by atoms with Crippen LogP contribution in [0.5, 0.6) is 11.5 Å². The van der Waals surface area contributed by atoms with E-state index in [4.69, 9.17) is 37.8 Å². The first-order valence-electron chi connectivity index (χ1n) is 11.1. The lowest BCUT2D eigenvalue weighted by Gasteiger charge is -2.09. The maximum atomic E-state index is 13.0. The number of carbonyl (C=O) groups is 1. The summed E-state index contributed by atoms with van der Waals surface area (Å²) < 4.78 is 12.6. The van der Waals surface area contributed by atoms with Gasteiger partial charge in [0.2, 0.25) is 0 Å². The first-order valence-corrected chi connectivity index (χ1v) is 11.9. The number of carbonyl (C=O) groups excluding carboxylic acids is 1. The normalized spacial score (nSPS) is 11.1. The van der Waals surface area contributed by atoms with E-state index in [1.807, 2.05) is 42.5 Å². The number of rotatable bonds is 8. The summed E-state index contributed by atoms with van der Waals surface area (Å²) in [7, 11) is 3.11. The minimum atomic E-state index is -0.624. The van der Waals surface area contributed by atoms with Crippen LogP contribution >= 0.6 is 23.2 Å². The van der Waals surface area contributed by atoms with Gasteiger partial charge >= 0.3 is 0 Å². The Hall–Kier alpha value is -4.25. The standard InChI is InChI=1S/C28H22Cl2N4O3/c1-36-25-11-8-19(13-26(25)37-2)27-21(17-34(33-27)16-18-6-4-3-5-7-18)12-20(15-31)28(35)32-24-14-22(29)9-10-23(24)30/h3-14,17H,16H2,1-2H3,(H,32,35)/b20-12+. The van der Waals surface area contributed by atoms with Crippen molar-refractivity contribution in [3.63, 3.8) is 0 Å². The van der Waals surface area contributed by atoms with E-state index in [0.29, 0.717) is 45.0 Å². The molecule has 7 nitrogen and oxygen atoms in total. The molecular weight excluding hydrogens is 511 g/mol. The molecular formula is C28H22Cl2N4O3. The van der Waals surface area contributed by atoms with Crippen molar-refractivity contribution in [3.8, 4) is 28.8 Å². The summed E-state index contributed by atoms with van der Waals surface area (Å²) in [5, 5.41) is 17.9. The average Bonchev–Trinajstić information content (AvgIpc) is 3.31. The second-order valence-corrected chi connectivity index (χ2v) is 8.78. The SMILES string of the molecule is COc1ccc(-c2nn(Cc3ccccc3)cc2/C=C(\C#N)C(=O)Nc2cc(Cl)ccc2Cl)cc1OC. The van der Waals surface area contributed by atoms with Crippen molar-refractivity contribution < 1.29 is 14.3 Å². The van der Waals surface area contributed by atoms with E-state index in [-0.39, 0.29) is 5.57 Å². The van der Waals surface area contributed by atoms with Gasteiger partial charge in [-0.2, -0.15) is 10.4 Å². The molecule has 3 aromatic carbocycles. The van der Waals surface area contributed by atoms with E-state index in [2.05, 4.69) is 5.32 Å². The summed E-state index contributed by atoms with van der Waals surface area (Å²) in [6.07, 6.45) is 3.28. The van der Waals surface area contributed by atoms with Crippen LogP contribution in [0.25, 0.3) is 17.3 Å². The molecule has 186 valence electrons. The van der Waals surface area contributed by atoms with Crippen molar-refractivity contribution >= 4 is 40.9 Å². The molecule has 0 aliphatic carbocycles. The summed E-state index contributed by atoms with van der Waals surface area (Å²) in [5.74, 6) is 0.477. The number of benzene rings is 3. The molecule has 0 spiro atoms. The molecule has 1 N–H and O–H groups in total. The maximum absolute atomic E-state index is 13.0. The monoisotopic (exact) mass is 532 g/mol. The second kappa shape index (κ2) is 11.7. The summed E-state index contributed by atoms with van der Waals surface area (Å²) in [5.41, 5.74) is 3.10. The van der Waals surface area contributed by atoms with E-state index < -0.39 is 5.91 Å². The van der Waals surface area contributed by atoms with E-state index in [1.54, 1.807) is 49.4 Å². The molecule has 0 bridgehead atoms. The molecule has 1 heterocycles. The van der Waals surface area contributed by atoms with Crippen molar-refractivity contribution in [2.45, 2.75) is 6.54 Å². The van der Waals surface area contributed by atoms with Crippen molar-refractivity contribution in [2.75, 3.05) is 19.5 Å². The molecule has 0 radical (unpaired) electrons. The van der Waals surface area contributed by atoms with E-state index in [1.165, 1.54) is 12.1 Å². The molecule has 1 amide bonds. The zero-order valence-electron chi connectivity index (χ0n) is 20.0. The fraction of sp³-hybridized carbons (Fsp3) is 0.107. The first kappa shape index (κ1) is 25.8. The zero-order valence-corrected chi connectivity index (χ0v) is 21.5. The fourth-order valence-electron chi connectivity index (χ4n) is 3.69. The van der Waals surface area contributed by atoms with Crippen molar-refractivity contribution in [1.82, 2.24) is 9.78 Å². The predicted octanol–water partition coefficient (Wildman–Crippen LogP) is 6.47. The van der Waals surface area contributed by atoms with Crippen molar-refractivity contribution in [3.05, 3.63) is 99.7 Å². The molecule has 9 heteroatoms. The lowest BCUT2D eigenvalue weighted by molar-refractivity contribution is -0.112. The number of hydrogen-bond acceptors (Lipinski definition) is 5. The Kier molecular flexibility index (Phi) is 8.14. The largest absolute Gasteiger partial charge is 0.493 e. The lowest BCUT2D eigenvalue weighted by Crippen LogP contribution is -2.13. The highest BCUT2D eigenvalue weighted by Gasteiger charge is 2.17. The number of nitrogens with one attached hydrogen (secondary N) is 1. The number of amides is 1. The van der Waals surface area contributed by atoms with Crippen LogP contribution in [0.15, 0.2) is 78.5 Å². The maximum Gasteiger partial charge on any atom is 0.266 e. The van der Waals surface area contributed by atoms with Crippen LogP contribution in [0.3, 0.4) is 0 Å². The Bertz CT molecular complexity index is 1510. The predicted molar refractivity (Wildman–Crippen MR) is 145 cm³/mol. The van der Waals surface area contributed by atoms with Gasteiger partial charge in [-0.1, -0.05) is 53.5 Å². The molecule has 0 aliphatic rings. The number of hydrogen-bond donors (Lipinski definition) is 1. The Morgan fingerprint density at radius 3 is 2.51 bits per heavy atom. The van der Waals surface area contributed by atoms with Gasteiger partial charge in [0.05, 0.1) is 37.2 Å². The number of ether oxygens (including phenoxy) is 2. The van der Waals surface area contributed by atoms with Crippen LogP contribution in [0.4, 0.5) is 5.69 Å². The topological polar surface area (TPSA) is 89.2 Å². The number of nitrogens with zero attached hydrogens (tertiary/aromatic N) is 3. The number of anilines is 1. The molecule has 4 aromatic rings. The number of methoxy groups -OCH3 is 2. The van der Waals surface area contributed by atoms with E-state index in [0.717, 1.165) is 11.1 Å². The van der Waals surface area contributed by atoms with Gasteiger partial charge in [-0.05, 0) is 48.0 Å². The molecule has 0 saturated heterocycles. The van der Waals surface area contributed by atoms with Gasteiger partial charge in [-0.15, -0.1) is 0 Å². The Morgan fingerprint density at radius 2 is 1.81 bits per heavy atom. The molecule has 37 heavy (non-hydrogen) atoms. The highest BCUT2D eigenvalue weighted by Crippen LogP contribution is 2.34. The molecule has 4 rings (SSSR count). The number of nitriles is 1. The smallest absolute Gasteiger partial charge is 0.266 e. The number of aromatic nitrogens is 2. The quantitative estimate of drug-likeness (QED) is 0.207. The minimum Gasteiger partial charge on any atom is -0.493 e. The average molecular weight is 533 g/mol. The number of halogens is 2. The highest BCUT2D eigenvalue weighted by atomic mass is 35.5. The van der Waals surface area contributed by atoms with Gasteiger partial charge in [0, 0.05) is 22.3 Å². The third-order valence-corrected chi connectivity index (χ3v) is 6.04. The van der Waals surface area contributed by atoms with Crippen LogP contribution < -0.4 is 14.8 Å². The van der Waals surface area contributed by atoms with E-state index >= 15 is 0 Å². The Labute approximate surface area is 224 Å². The molecule has 0 unspecified atom stereocenters. The summed E-state index contributed by atoms with van der Waals surface area (Å²) in [4.78, 5) is 13.0. The zero-order chi connectivity index (χ0) is 26.4. The molecule has 0 atom stereocenters. The first-order chi connectivity index (χ1) is 17.9.